The molecule has 4 heteroatoms. The summed E-state index contributed by atoms with van der Waals surface area (Å²) >= 11 is 0. The molecule has 0 bridgehead atoms. The summed E-state index contributed by atoms with van der Waals surface area (Å²) in [6.07, 6.45) is 1.59. The fraction of sp³-hybridized carbons (Fsp3) is 0.176. The molecular formula is C17H17N3O. The Hall–Kier alpha value is -2.62. The third kappa shape index (κ3) is 2.79. The Balaban J connectivity index is 1.87. The van der Waals surface area contributed by atoms with E-state index in [1.54, 1.807) is 13.4 Å². The van der Waals surface area contributed by atoms with Crippen LogP contribution in [-0.4, -0.2) is 17.1 Å². The number of benzene rings is 2. The topological polar surface area (TPSA) is 47.0 Å². The van der Waals surface area contributed by atoms with Crippen LogP contribution in [0.25, 0.3) is 10.9 Å². The van der Waals surface area contributed by atoms with Gasteiger partial charge in [0.05, 0.1) is 12.6 Å². The molecule has 0 radical (unpaired) electrons. The quantitative estimate of drug-likeness (QED) is 0.789. The van der Waals surface area contributed by atoms with Gasteiger partial charge in [0.15, 0.2) is 0 Å². The number of ether oxygens (including phenoxy) is 1. The number of para-hydroxylation sites is 1. The molecule has 0 aliphatic rings. The highest BCUT2D eigenvalue weighted by molar-refractivity contribution is 5.88. The van der Waals surface area contributed by atoms with Gasteiger partial charge in [-0.2, -0.15) is 0 Å². The highest BCUT2D eigenvalue weighted by atomic mass is 16.5. The minimum atomic E-state index is 0.147. The normalized spacial score (nSPS) is 12.1. The number of rotatable bonds is 4. The van der Waals surface area contributed by atoms with E-state index in [0.29, 0.717) is 0 Å². The number of methoxy groups -OCH3 is 1. The van der Waals surface area contributed by atoms with E-state index in [9.17, 15) is 0 Å². The molecule has 0 saturated carbocycles. The smallest absolute Gasteiger partial charge is 0.137 e. The first-order valence-electron chi connectivity index (χ1n) is 6.88. The average molecular weight is 279 g/mol. The first-order valence-corrected chi connectivity index (χ1v) is 6.88. The molecule has 106 valence electrons. The van der Waals surface area contributed by atoms with Gasteiger partial charge in [0.25, 0.3) is 0 Å². The second-order valence-electron chi connectivity index (χ2n) is 4.88. The Bertz CT molecular complexity index is 735. The monoisotopic (exact) mass is 279 g/mol. The van der Waals surface area contributed by atoms with Crippen molar-refractivity contribution in [2.24, 2.45) is 0 Å². The minimum absolute atomic E-state index is 0.147. The van der Waals surface area contributed by atoms with Crippen molar-refractivity contribution in [3.8, 4) is 5.75 Å². The zero-order valence-corrected chi connectivity index (χ0v) is 12.1. The summed E-state index contributed by atoms with van der Waals surface area (Å²) in [5.41, 5.74) is 2.12. The fourth-order valence-corrected chi connectivity index (χ4v) is 2.30. The standard InChI is InChI=1S/C17H17N3O/c1-12(13-7-9-14(21-2)10-8-13)20-17-15-5-3-4-6-16(15)18-11-19-17/h3-12H,1-2H3,(H,18,19,20)/t12-/m0/s1. The van der Waals surface area contributed by atoms with Crippen LogP contribution in [0.1, 0.15) is 18.5 Å². The lowest BCUT2D eigenvalue weighted by Crippen LogP contribution is -2.08. The number of nitrogens with one attached hydrogen (secondary N) is 1. The molecular weight excluding hydrogens is 262 g/mol. The molecule has 21 heavy (non-hydrogen) atoms. The van der Waals surface area contributed by atoms with Crippen LogP contribution in [0.2, 0.25) is 0 Å². The van der Waals surface area contributed by atoms with Gasteiger partial charge in [-0.25, -0.2) is 9.97 Å². The van der Waals surface area contributed by atoms with Crippen molar-refractivity contribution in [2.75, 3.05) is 12.4 Å². The van der Waals surface area contributed by atoms with E-state index in [2.05, 4.69) is 34.3 Å². The second kappa shape index (κ2) is 5.79. The third-order valence-electron chi connectivity index (χ3n) is 3.51. The molecule has 0 saturated heterocycles. The molecule has 0 amide bonds. The first kappa shape index (κ1) is 13.4. The van der Waals surface area contributed by atoms with Crippen molar-refractivity contribution < 1.29 is 4.74 Å². The van der Waals surface area contributed by atoms with E-state index < -0.39 is 0 Å². The summed E-state index contributed by atoms with van der Waals surface area (Å²) in [7, 11) is 1.67. The number of hydrogen-bond donors (Lipinski definition) is 1. The van der Waals surface area contributed by atoms with E-state index in [4.69, 9.17) is 4.74 Å². The van der Waals surface area contributed by atoms with Gasteiger partial charge in [-0.05, 0) is 36.8 Å². The predicted molar refractivity (Wildman–Crippen MR) is 84.6 cm³/mol. The number of anilines is 1. The Morgan fingerprint density at radius 2 is 1.76 bits per heavy atom. The van der Waals surface area contributed by atoms with Gasteiger partial charge >= 0.3 is 0 Å². The van der Waals surface area contributed by atoms with Crippen LogP contribution >= 0.6 is 0 Å². The molecule has 1 N–H and O–H groups in total. The van der Waals surface area contributed by atoms with Gasteiger partial charge in [-0.15, -0.1) is 0 Å². The van der Waals surface area contributed by atoms with E-state index in [1.165, 1.54) is 5.56 Å². The number of hydrogen-bond acceptors (Lipinski definition) is 4. The minimum Gasteiger partial charge on any atom is -0.497 e. The maximum absolute atomic E-state index is 5.18. The molecule has 0 unspecified atom stereocenters. The molecule has 0 fully saturated rings. The summed E-state index contributed by atoms with van der Waals surface area (Å²) < 4.78 is 5.18. The van der Waals surface area contributed by atoms with Crippen molar-refractivity contribution >= 4 is 16.7 Å². The van der Waals surface area contributed by atoms with Gasteiger partial charge in [0.2, 0.25) is 0 Å². The van der Waals surface area contributed by atoms with Gasteiger partial charge < -0.3 is 10.1 Å². The molecule has 1 heterocycles. The van der Waals surface area contributed by atoms with Crippen LogP contribution in [0.15, 0.2) is 54.9 Å². The largest absolute Gasteiger partial charge is 0.497 e. The van der Waals surface area contributed by atoms with E-state index >= 15 is 0 Å². The molecule has 1 atom stereocenters. The molecule has 2 aromatic carbocycles. The van der Waals surface area contributed by atoms with Crippen molar-refractivity contribution in [2.45, 2.75) is 13.0 Å². The summed E-state index contributed by atoms with van der Waals surface area (Å²) in [6.45, 7) is 2.11. The molecule has 3 rings (SSSR count). The van der Waals surface area contributed by atoms with Gasteiger partial charge in [-0.1, -0.05) is 24.3 Å². The summed E-state index contributed by atoms with van der Waals surface area (Å²) in [4.78, 5) is 8.64. The highest BCUT2D eigenvalue weighted by Gasteiger charge is 2.09. The molecule has 0 aliphatic heterocycles. The molecule has 0 spiro atoms. The fourth-order valence-electron chi connectivity index (χ4n) is 2.30. The summed E-state index contributed by atoms with van der Waals surface area (Å²) in [5.74, 6) is 1.71. The van der Waals surface area contributed by atoms with Crippen molar-refractivity contribution in [3.05, 3.63) is 60.4 Å². The van der Waals surface area contributed by atoms with Gasteiger partial charge in [-0.3, -0.25) is 0 Å². The zero-order valence-electron chi connectivity index (χ0n) is 12.1. The number of nitrogens with zero attached hydrogens (tertiary/aromatic N) is 2. The average Bonchev–Trinajstić information content (AvgIpc) is 2.55. The maximum Gasteiger partial charge on any atom is 0.137 e. The van der Waals surface area contributed by atoms with Crippen molar-refractivity contribution in [1.82, 2.24) is 9.97 Å². The van der Waals surface area contributed by atoms with Crippen molar-refractivity contribution in [3.63, 3.8) is 0 Å². The van der Waals surface area contributed by atoms with Gasteiger partial charge in [0.1, 0.15) is 17.9 Å². The number of fused-ring (bicyclic) bond motifs is 1. The Morgan fingerprint density at radius 3 is 2.52 bits per heavy atom. The van der Waals surface area contributed by atoms with E-state index in [1.807, 2.05) is 36.4 Å². The maximum atomic E-state index is 5.18. The van der Waals surface area contributed by atoms with Crippen molar-refractivity contribution in [1.29, 1.82) is 0 Å². The lowest BCUT2D eigenvalue weighted by molar-refractivity contribution is 0.414. The Labute approximate surface area is 123 Å². The first-order chi connectivity index (χ1) is 10.3. The molecule has 4 nitrogen and oxygen atoms in total. The second-order valence-corrected chi connectivity index (χ2v) is 4.88. The number of aromatic nitrogens is 2. The molecule has 3 aromatic rings. The van der Waals surface area contributed by atoms with Crippen LogP contribution in [-0.2, 0) is 0 Å². The summed E-state index contributed by atoms with van der Waals surface area (Å²) in [5, 5.41) is 4.47. The third-order valence-corrected chi connectivity index (χ3v) is 3.51. The van der Waals surface area contributed by atoms with Gasteiger partial charge in [0, 0.05) is 11.4 Å². The molecule has 1 aromatic heterocycles. The Kier molecular flexibility index (Phi) is 3.69. The SMILES string of the molecule is COc1ccc([C@H](C)Nc2ncnc3ccccc23)cc1. The van der Waals surface area contributed by atoms with Crippen LogP contribution in [0.3, 0.4) is 0 Å². The van der Waals surface area contributed by atoms with E-state index in [0.717, 1.165) is 22.5 Å². The predicted octanol–water partition coefficient (Wildman–Crippen LogP) is 3.81. The van der Waals surface area contributed by atoms with Crippen LogP contribution in [0, 0.1) is 0 Å². The van der Waals surface area contributed by atoms with E-state index in [-0.39, 0.29) is 6.04 Å². The lowest BCUT2D eigenvalue weighted by atomic mass is 10.1. The Morgan fingerprint density at radius 1 is 1.00 bits per heavy atom. The highest BCUT2D eigenvalue weighted by Crippen LogP contribution is 2.24. The zero-order chi connectivity index (χ0) is 14.7. The summed E-state index contributed by atoms with van der Waals surface area (Å²) in [6, 6.07) is 16.2. The lowest BCUT2D eigenvalue weighted by Gasteiger charge is -2.16. The molecule has 0 aliphatic carbocycles. The van der Waals surface area contributed by atoms with Crippen LogP contribution < -0.4 is 10.1 Å². The van der Waals surface area contributed by atoms with Crippen LogP contribution in [0.4, 0.5) is 5.82 Å². The van der Waals surface area contributed by atoms with Crippen LogP contribution in [0.5, 0.6) is 5.75 Å².